The molecule has 7 nitrogen and oxygen atoms in total. The molecule has 27 heavy (non-hydrogen) atoms. The van der Waals surface area contributed by atoms with E-state index < -0.39 is 0 Å². The molecule has 3 heterocycles. The number of nitrogens with one attached hydrogen (secondary N) is 1. The molecule has 0 aliphatic rings. The van der Waals surface area contributed by atoms with Gasteiger partial charge in [0.25, 0.3) is 5.91 Å². The average Bonchev–Trinajstić information content (AvgIpc) is 3.16. The van der Waals surface area contributed by atoms with Crippen LogP contribution in [0.3, 0.4) is 0 Å². The summed E-state index contributed by atoms with van der Waals surface area (Å²) in [5.41, 5.74) is 4.32. The molecular weight excluding hydrogens is 340 g/mol. The van der Waals surface area contributed by atoms with E-state index in [1.165, 1.54) is 0 Å². The van der Waals surface area contributed by atoms with Gasteiger partial charge in [-0.05, 0) is 24.3 Å². The lowest BCUT2D eigenvalue weighted by molar-refractivity contribution is 0.0950. The Morgan fingerprint density at radius 3 is 2.70 bits per heavy atom. The summed E-state index contributed by atoms with van der Waals surface area (Å²) in [6.45, 7) is 0.308. The molecule has 0 radical (unpaired) electrons. The number of imidazole rings is 1. The number of amides is 1. The molecule has 4 rings (SSSR count). The smallest absolute Gasteiger partial charge is 0.251 e. The highest BCUT2D eigenvalue weighted by Crippen LogP contribution is 2.21. The van der Waals surface area contributed by atoms with E-state index in [0.717, 1.165) is 11.3 Å². The number of carbonyl (C=O) groups excluding carboxylic acids is 1. The Bertz CT molecular complexity index is 1140. The summed E-state index contributed by atoms with van der Waals surface area (Å²) < 4.78 is 1.90. The summed E-state index contributed by atoms with van der Waals surface area (Å²) >= 11 is 0. The maximum absolute atomic E-state index is 12.4. The summed E-state index contributed by atoms with van der Waals surface area (Å²) in [4.78, 5) is 24.9. The van der Waals surface area contributed by atoms with Crippen molar-refractivity contribution in [2.75, 3.05) is 0 Å². The molecule has 1 aromatic carbocycles. The van der Waals surface area contributed by atoms with Crippen LogP contribution in [0.1, 0.15) is 21.6 Å². The number of nitriles is 1. The van der Waals surface area contributed by atoms with Crippen molar-refractivity contribution in [1.82, 2.24) is 24.7 Å². The first kappa shape index (κ1) is 16.4. The van der Waals surface area contributed by atoms with Gasteiger partial charge in [-0.15, -0.1) is 0 Å². The number of fused-ring (bicyclic) bond motifs is 1. The van der Waals surface area contributed by atoms with Crippen LogP contribution in [0.5, 0.6) is 0 Å². The van der Waals surface area contributed by atoms with Crippen molar-refractivity contribution in [3.05, 3.63) is 84.2 Å². The molecule has 7 heteroatoms. The normalized spacial score (nSPS) is 10.5. The molecule has 0 saturated carbocycles. The minimum absolute atomic E-state index is 0.203. The Balaban J connectivity index is 1.56. The Hall–Kier alpha value is -4.05. The third-order valence-electron chi connectivity index (χ3n) is 4.13. The Morgan fingerprint density at radius 2 is 1.96 bits per heavy atom. The number of benzene rings is 1. The van der Waals surface area contributed by atoms with Gasteiger partial charge in [0.15, 0.2) is 0 Å². The predicted octanol–water partition coefficient (Wildman–Crippen LogP) is 2.59. The Kier molecular flexibility index (Phi) is 4.29. The molecule has 0 unspecified atom stereocenters. The van der Waals surface area contributed by atoms with Crippen LogP contribution >= 0.6 is 0 Å². The second-order valence-electron chi connectivity index (χ2n) is 5.86. The second kappa shape index (κ2) is 7.06. The molecule has 130 valence electrons. The van der Waals surface area contributed by atoms with Gasteiger partial charge in [0, 0.05) is 29.7 Å². The third-order valence-corrected chi connectivity index (χ3v) is 4.13. The zero-order chi connectivity index (χ0) is 18.6. The lowest BCUT2D eigenvalue weighted by Crippen LogP contribution is -2.23. The lowest BCUT2D eigenvalue weighted by atomic mass is 10.1. The van der Waals surface area contributed by atoms with E-state index in [9.17, 15) is 4.79 Å². The van der Waals surface area contributed by atoms with E-state index in [1.807, 2.05) is 22.7 Å². The molecule has 0 atom stereocenters. The van der Waals surface area contributed by atoms with Crippen molar-refractivity contribution in [1.29, 1.82) is 5.26 Å². The molecule has 0 bridgehead atoms. The highest BCUT2D eigenvalue weighted by atomic mass is 16.1. The van der Waals surface area contributed by atoms with Gasteiger partial charge < -0.3 is 5.32 Å². The number of carbonyl (C=O) groups is 1. The van der Waals surface area contributed by atoms with Gasteiger partial charge in [-0.3, -0.25) is 19.2 Å². The summed E-state index contributed by atoms with van der Waals surface area (Å²) in [6.07, 6.45) is 8.35. The molecule has 1 amide bonds. The number of aromatic nitrogens is 4. The van der Waals surface area contributed by atoms with E-state index in [-0.39, 0.29) is 5.91 Å². The third kappa shape index (κ3) is 3.37. The first-order chi connectivity index (χ1) is 13.2. The minimum Gasteiger partial charge on any atom is -0.346 e. The number of nitrogens with zero attached hydrogens (tertiary/aromatic N) is 5. The largest absolute Gasteiger partial charge is 0.346 e. The van der Waals surface area contributed by atoms with E-state index in [4.69, 9.17) is 5.26 Å². The maximum atomic E-state index is 12.4. The van der Waals surface area contributed by atoms with Crippen LogP contribution in [-0.2, 0) is 6.54 Å². The number of hydrogen-bond donors (Lipinski definition) is 1. The fourth-order valence-electron chi connectivity index (χ4n) is 2.75. The highest BCUT2D eigenvalue weighted by molar-refractivity contribution is 5.95. The second-order valence-corrected chi connectivity index (χ2v) is 5.86. The van der Waals surface area contributed by atoms with Gasteiger partial charge in [0.05, 0.1) is 42.0 Å². The Labute approximate surface area is 155 Å². The molecule has 1 N–H and O–H groups in total. The van der Waals surface area contributed by atoms with E-state index in [0.29, 0.717) is 29.0 Å². The van der Waals surface area contributed by atoms with E-state index in [2.05, 4.69) is 26.3 Å². The highest BCUT2D eigenvalue weighted by Gasteiger charge is 2.10. The first-order valence-corrected chi connectivity index (χ1v) is 8.25. The molecule has 0 aliphatic heterocycles. The number of pyridine rings is 1. The monoisotopic (exact) mass is 354 g/mol. The first-order valence-electron chi connectivity index (χ1n) is 8.25. The van der Waals surface area contributed by atoms with Crippen molar-refractivity contribution >= 4 is 11.6 Å². The number of hydrogen-bond acceptors (Lipinski definition) is 5. The zero-order valence-corrected chi connectivity index (χ0v) is 14.2. The molecule has 4 aromatic rings. The van der Waals surface area contributed by atoms with Crippen molar-refractivity contribution in [3.63, 3.8) is 0 Å². The number of rotatable bonds is 4. The van der Waals surface area contributed by atoms with Crippen LogP contribution in [0.4, 0.5) is 0 Å². The van der Waals surface area contributed by atoms with Gasteiger partial charge in [-0.2, -0.15) is 5.26 Å². The van der Waals surface area contributed by atoms with Gasteiger partial charge >= 0.3 is 0 Å². The van der Waals surface area contributed by atoms with E-state index >= 15 is 0 Å². The lowest BCUT2D eigenvalue weighted by Gasteiger charge is -2.06. The van der Waals surface area contributed by atoms with E-state index in [1.54, 1.807) is 49.1 Å². The zero-order valence-electron chi connectivity index (χ0n) is 14.2. The quantitative estimate of drug-likeness (QED) is 0.608. The Morgan fingerprint density at radius 1 is 1.11 bits per heavy atom. The topological polar surface area (TPSA) is 96.0 Å². The molecule has 0 aliphatic carbocycles. The summed E-state index contributed by atoms with van der Waals surface area (Å²) in [5.74, 6) is -0.203. The molecular formula is C20H14N6O. The van der Waals surface area contributed by atoms with Crippen LogP contribution in [0.15, 0.2) is 67.4 Å². The van der Waals surface area contributed by atoms with Crippen LogP contribution < -0.4 is 5.32 Å². The fraction of sp³-hybridized carbons (Fsp3) is 0.0500. The van der Waals surface area contributed by atoms with Gasteiger partial charge in [0.2, 0.25) is 0 Å². The molecule has 0 fully saturated rings. The van der Waals surface area contributed by atoms with Crippen LogP contribution in [0.2, 0.25) is 0 Å². The van der Waals surface area contributed by atoms with Crippen LogP contribution in [0.25, 0.3) is 16.9 Å². The predicted molar refractivity (Wildman–Crippen MR) is 98.5 cm³/mol. The van der Waals surface area contributed by atoms with Crippen LogP contribution in [-0.4, -0.2) is 25.3 Å². The standard InChI is InChI=1S/C20H14N6O/c21-10-14-1-3-15(4-2-14)18-13-24-19-9-16(5-8-26(18)19)20(27)25-12-17-11-22-6-7-23-17/h1-9,11,13H,12H2,(H,25,27). The maximum Gasteiger partial charge on any atom is 0.251 e. The molecule has 0 saturated heterocycles. The molecule has 3 aromatic heterocycles. The van der Waals surface area contributed by atoms with Gasteiger partial charge in [-0.25, -0.2) is 4.98 Å². The average molecular weight is 354 g/mol. The fourth-order valence-corrected chi connectivity index (χ4v) is 2.75. The summed E-state index contributed by atoms with van der Waals surface area (Å²) in [5, 5.41) is 11.7. The summed E-state index contributed by atoms with van der Waals surface area (Å²) in [7, 11) is 0. The van der Waals surface area contributed by atoms with Crippen molar-refractivity contribution in [3.8, 4) is 17.3 Å². The van der Waals surface area contributed by atoms with Gasteiger partial charge in [-0.1, -0.05) is 12.1 Å². The minimum atomic E-state index is -0.203. The molecule has 0 spiro atoms. The van der Waals surface area contributed by atoms with Crippen LogP contribution in [0, 0.1) is 11.3 Å². The SMILES string of the molecule is N#Cc1ccc(-c2cnc3cc(C(=O)NCc4cnccn4)ccn23)cc1. The van der Waals surface area contributed by atoms with Crippen molar-refractivity contribution < 1.29 is 4.79 Å². The van der Waals surface area contributed by atoms with Crippen molar-refractivity contribution in [2.24, 2.45) is 0 Å². The summed E-state index contributed by atoms with van der Waals surface area (Å²) in [6, 6.07) is 12.9. The van der Waals surface area contributed by atoms with Crippen molar-refractivity contribution in [2.45, 2.75) is 6.54 Å². The van der Waals surface area contributed by atoms with Gasteiger partial charge in [0.1, 0.15) is 5.65 Å².